The summed E-state index contributed by atoms with van der Waals surface area (Å²) in [4.78, 5) is 21.7. The van der Waals surface area contributed by atoms with Crippen molar-refractivity contribution in [3.8, 4) is 11.5 Å². The number of aromatic hydroxyl groups is 2. The zero-order valence-electron chi connectivity index (χ0n) is 19.0. The van der Waals surface area contributed by atoms with E-state index in [0.29, 0.717) is 23.1 Å². The summed E-state index contributed by atoms with van der Waals surface area (Å²) < 4.78 is 34.4. The van der Waals surface area contributed by atoms with Crippen molar-refractivity contribution in [2.45, 2.75) is 4.90 Å². The van der Waals surface area contributed by atoms with E-state index < -0.39 is 48.7 Å². The molecule has 0 saturated heterocycles. The SMILES string of the molecule is O=C(Nc1cccc2ccc(O)c(N=Nc3cc([N+](=O)[O-])cc(S(=O)(=O)[O-])c3O)c12)c1ccccc1.[Na+]. The third-order valence-corrected chi connectivity index (χ3v) is 5.91. The van der Waals surface area contributed by atoms with Crippen LogP contribution < -0.4 is 34.9 Å². The predicted octanol–water partition coefficient (Wildman–Crippen LogP) is 1.74. The van der Waals surface area contributed by atoms with Crippen LogP contribution in [0.15, 0.2) is 87.9 Å². The molecule has 0 aliphatic heterocycles. The van der Waals surface area contributed by atoms with E-state index >= 15 is 0 Å². The molecule has 0 atom stereocenters. The van der Waals surface area contributed by atoms with Gasteiger partial charge in [0.25, 0.3) is 11.6 Å². The summed E-state index contributed by atoms with van der Waals surface area (Å²) in [6.45, 7) is 0. The third-order valence-electron chi connectivity index (χ3n) is 5.06. The van der Waals surface area contributed by atoms with Crippen molar-refractivity contribution in [2.24, 2.45) is 10.2 Å². The Balaban J connectivity index is 0.00000380. The first-order valence-corrected chi connectivity index (χ1v) is 11.5. The molecular weight excluding hydrogens is 515 g/mol. The predicted molar refractivity (Wildman–Crippen MR) is 127 cm³/mol. The van der Waals surface area contributed by atoms with Gasteiger partial charge in [0, 0.05) is 23.1 Å². The molecule has 3 N–H and O–H groups in total. The molecule has 0 aromatic heterocycles. The quantitative estimate of drug-likeness (QED) is 0.110. The summed E-state index contributed by atoms with van der Waals surface area (Å²) in [5, 5.41) is 42.9. The molecule has 14 heteroatoms. The molecule has 12 nitrogen and oxygen atoms in total. The molecule has 4 aromatic rings. The molecule has 4 rings (SSSR count). The van der Waals surface area contributed by atoms with E-state index in [0.717, 1.165) is 0 Å². The summed E-state index contributed by atoms with van der Waals surface area (Å²) in [6, 6.07) is 17.2. The second-order valence-corrected chi connectivity index (χ2v) is 8.73. The second kappa shape index (κ2) is 11.0. The number of nitro benzene ring substituents is 1. The maximum Gasteiger partial charge on any atom is 1.00 e. The smallest absolute Gasteiger partial charge is 0.744 e. The zero-order chi connectivity index (χ0) is 26.0. The van der Waals surface area contributed by atoms with Crippen LogP contribution in [-0.2, 0) is 10.1 Å². The fourth-order valence-corrected chi connectivity index (χ4v) is 4.00. The fraction of sp³-hybridized carbons (Fsp3) is 0. The van der Waals surface area contributed by atoms with E-state index in [4.69, 9.17) is 0 Å². The van der Waals surface area contributed by atoms with Crippen molar-refractivity contribution in [3.63, 3.8) is 0 Å². The van der Waals surface area contributed by atoms with Crippen LogP contribution in [0.2, 0.25) is 0 Å². The standard InChI is InChI=1S/C23H16N4O8S.Na/c28-18-10-9-13-7-4-8-16(24-23(30)14-5-2-1-3-6-14)20(13)21(18)26-25-17-11-15(27(31)32)12-19(22(17)29)36(33,34)35;/h1-12,28-29H,(H,24,30)(H,33,34,35);/q;+1/p-1. The molecule has 0 bridgehead atoms. The topological polar surface area (TPSA) is 195 Å². The van der Waals surface area contributed by atoms with Gasteiger partial charge in [-0.3, -0.25) is 14.9 Å². The van der Waals surface area contributed by atoms with Crippen molar-refractivity contribution in [1.82, 2.24) is 0 Å². The van der Waals surface area contributed by atoms with Gasteiger partial charge < -0.3 is 20.1 Å². The zero-order valence-corrected chi connectivity index (χ0v) is 21.8. The molecule has 0 radical (unpaired) electrons. The number of carbonyl (C=O) groups excluding carboxylic acids is 1. The maximum absolute atomic E-state index is 12.7. The number of nitro groups is 1. The van der Waals surface area contributed by atoms with Crippen LogP contribution in [0.1, 0.15) is 10.4 Å². The molecule has 0 fully saturated rings. The number of azo groups is 1. The van der Waals surface area contributed by atoms with Gasteiger partial charge in [-0.05, 0) is 29.7 Å². The van der Waals surface area contributed by atoms with Crippen LogP contribution >= 0.6 is 0 Å². The van der Waals surface area contributed by atoms with Gasteiger partial charge in [0.1, 0.15) is 32.1 Å². The Bertz CT molecular complexity index is 1660. The normalized spacial score (nSPS) is 11.3. The van der Waals surface area contributed by atoms with E-state index in [1.807, 2.05) is 0 Å². The minimum atomic E-state index is -5.29. The number of carbonyl (C=O) groups is 1. The molecule has 0 saturated carbocycles. The van der Waals surface area contributed by atoms with Crippen LogP contribution in [0.4, 0.5) is 22.7 Å². The van der Waals surface area contributed by atoms with Gasteiger partial charge in [0.2, 0.25) is 0 Å². The molecule has 0 unspecified atom stereocenters. The van der Waals surface area contributed by atoms with E-state index in [2.05, 4.69) is 15.5 Å². The van der Waals surface area contributed by atoms with Crippen LogP contribution in [0, 0.1) is 10.1 Å². The number of anilines is 1. The Morgan fingerprint density at radius 1 is 0.946 bits per heavy atom. The second-order valence-electron chi connectivity index (χ2n) is 7.38. The monoisotopic (exact) mass is 530 g/mol. The molecule has 4 aromatic carbocycles. The largest absolute Gasteiger partial charge is 1.00 e. The number of amides is 1. The van der Waals surface area contributed by atoms with E-state index in [9.17, 15) is 38.1 Å². The minimum Gasteiger partial charge on any atom is -0.744 e. The fourth-order valence-electron chi connectivity index (χ4n) is 3.39. The Hall–Kier alpha value is -3.88. The number of non-ortho nitro benzene ring substituents is 1. The summed E-state index contributed by atoms with van der Waals surface area (Å²) >= 11 is 0. The number of fused-ring (bicyclic) bond motifs is 1. The summed E-state index contributed by atoms with van der Waals surface area (Å²) in [6.07, 6.45) is 0. The number of rotatable bonds is 6. The number of hydrogen-bond donors (Lipinski definition) is 3. The Morgan fingerprint density at radius 3 is 2.30 bits per heavy atom. The van der Waals surface area contributed by atoms with E-state index in [1.165, 1.54) is 6.07 Å². The summed E-state index contributed by atoms with van der Waals surface area (Å²) in [5.74, 6) is -1.98. The van der Waals surface area contributed by atoms with Gasteiger partial charge >= 0.3 is 29.6 Å². The average Bonchev–Trinajstić information content (AvgIpc) is 2.84. The van der Waals surface area contributed by atoms with Gasteiger partial charge in [-0.1, -0.05) is 36.4 Å². The molecule has 0 aliphatic carbocycles. The van der Waals surface area contributed by atoms with Crippen molar-refractivity contribution in [1.29, 1.82) is 0 Å². The molecule has 1 amide bonds. The van der Waals surface area contributed by atoms with Gasteiger partial charge in [-0.2, -0.15) is 0 Å². The Labute approximate surface area is 231 Å². The van der Waals surface area contributed by atoms with Crippen LogP contribution in [0.25, 0.3) is 10.8 Å². The van der Waals surface area contributed by atoms with Gasteiger partial charge in [0.15, 0.2) is 5.75 Å². The first kappa shape index (κ1) is 27.7. The molecular formula is C23H15N4NaO8S. The third kappa shape index (κ3) is 5.93. The maximum atomic E-state index is 12.7. The van der Waals surface area contributed by atoms with Gasteiger partial charge in [-0.15, -0.1) is 10.2 Å². The van der Waals surface area contributed by atoms with E-state index in [-0.39, 0.29) is 46.3 Å². The number of nitrogens with one attached hydrogen (secondary N) is 1. The number of nitrogens with zero attached hydrogens (tertiary/aromatic N) is 3. The van der Waals surface area contributed by atoms with Crippen LogP contribution in [0.3, 0.4) is 0 Å². The number of phenols is 2. The first-order valence-electron chi connectivity index (χ1n) is 10.1. The minimum absolute atomic E-state index is 0. The van der Waals surface area contributed by atoms with Crippen molar-refractivity contribution < 1.29 is 62.5 Å². The average molecular weight is 530 g/mol. The number of benzene rings is 4. The molecule has 182 valence electrons. The van der Waals surface area contributed by atoms with Crippen molar-refractivity contribution >= 4 is 49.5 Å². The first-order chi connectivity index (χ1) is 17.1. The Kier molecular flexibility index (Phi) is 8.25. The molecule has 0 aliphatic rings. The van der Waals surface area contributed by atoms with Crippen LogP contribution in [-0.4, -0.2) is 34.0 Å². The molecule has 37 heavy (non-hydrogen) atoms. The molecule has 0 spiro atoms. The van der Waals surface area contributed by atoms with Crippen molar-refractivity contribution in [2.75, 3.05) is 5.32 Å². The number of phenolic OH excluding ortho intramolecular Hbond substituents is 2. The molecule has 0 heterocycles. The number of hydrogen-bond acceptors (Lipinski definition) is 10. The van der Waals surface area contributed by atoms with E-state index in [1.54, 1.807) is 54.6 Å². The van der Waals surface area contributed by atoms with Crippen LogP contribution in [0.5, 0.6) is 11.5 Å². The Morgan fingerprint density at radius 2 is 1.65 bits per heavy atom. The van der Waals surface area contributed by atoms with Crippen molar-refractivity contribution in [3.05, 3.63) is 88.5 Å². The summed E-state index contributed by atoms with van der Waals surface area (Å²) in [5.41, 5.74) is -1.09. The van der Waals surface area contributed by atoms with Gasteiger partial charge in [-0.25, -0.2) is 8.42 Å². The summed E-state index contributed by atoms with van der Waals surface area (Å²) in [7, 11) is -5.29. The van der Waals surface area contributed by atoms with Gasteiger partial charge in [0.05, 0.1) is 10.6 Å².